The van der Waals surface area contributed by atoms with Crippen LogP contribution in [0.2, 0.25) is 0 Å². The summed E-state index contributed by atoms with van der Waals surface area (Å²) in [6.45, 7) is 5.31. The van der Waals surface area contributed by atoms with Crippen molar-refractivity contribution >= 4 is 0 Å². The lowest BCUT2D eigenvalue weighted by molar-refractivity contribution is 1.40. The van der Waals surface area contributed by atoms with Gasteiger partial charge in [0.2, 0.25) is 0 Å². The predicted octanol–water partition coefficient (Wildman–Crippen LogP) is 1.03. The Morgan fingerprint density at radius 3 is 2.33 bits per heavy atom. The lowest BCUT2D eigenvalue weighted by atomic mass is 10.4. The molecule has 0 unspecified atom stereocenters. The van der Waals surface area contributed by atoms with Gasteiger partial charge >= 0.3 is 0 Å². The monoisotopic (exact) mass is 83.1 g/mol. The van der Waals surface area contributed by atoms with E-state index < -0.39 is 0 Å². The van der Waals surface area contributed by atoms with Crippen LogP contribution in [0.3, 0.4) is 0 Å². The third kappa shape index (κ3) is 1.58. The van der Waals surface area contributed by atoms with Crippen molar-refractivity contribution in [2.75, 3.05) is 0 Å². The molecule has 0 saturated carbocycles. The second-order valence-electron chi connectivity index (χ2n) is 0.993. The zero-order chi connectivity index (χ0) is 4.99. The number of hydrogen-bond donors (Lipinski definition) is 1. The van der Waals surface area contributed by atoms with E-state index in [4.69, 9.17) is 5.73 Å². The topological polar surface area (TPSA) is 26.0 Å². The summed E-state index contributed by atoms with van der Waals surface area (Å²) in [5, 5.41) is 0. The highest BCUT2D eigenvalue weighted by atomic mass is 14.5. The van der Waals surface area contributed by atoms with Gasteiger partial charge in [-0.25, -0.2) is 0 Å². The summed E-state index contributed by atoms with van der Waals surface area (Å²) in [6, 6.07) is 0. The van der Waals surface area contributed by atoms with Gasteiger partial charge in [-0.15, -0.1) is 0 Å². The van der Waals surface area contributed by atoms with E-state index >= 15 is 0 Å². The highest BCUT2D eigenvalue weighted by molar-refractivity contribution is 5.09. The number of allylic oxidation sites excluding steroid dienone is 2. The Hall–Kier alpha value is -0.720. The van der Waals surface area contributed by atoms with E-state index in [-0.39, 0.29) is 0 Å². The minimum Gasteiger partial charge on any atom is -0.399 e. The smallest absolute Gasteiger partial charge is 0.0264 e. The SMILES string of the molecule is C=C/C(N)=C\C. The van der Waals surface area contributed by atoms with Crippen LogP contribution in [0.25, 0.3) is 0 Å². The average Bonchev–Trinajstić information content (AvgIpc) is 1.65. The third-order valence-corrected chi connectivity index (χ3v) is 0.569. The Bertz CT molecular complexity index is 72.0. The molecule has 0 radical (unpaired) electrons. The Morgan fingerprint density at radius 1 is 1.83 bits per heavy atom. The van der Waals surface area contributed by atoms with E-state index in [1.807, 2.05) is 6.92 Å². The quantitative estimate of drug-likeness (QED) is 0.471. The first-order valence-electron chi connectivity index (χ1n) is 1.85. The van der Waals surface area contributed by atoms with E-state index in [2.05, 4.69) is 6.58 Å². The summed E-state index contributed by atoms with van der Waals surface area (Å²) in [5.41, 5.74) is 5.95. The zero-order valence-electron chi connectivity index (χ0n) is 3.94. The van der Waals surface area contributed by atoms with Crippen LogP contribution in [0, 0.1) is 0 Å². The van der Waals surface area contributed by atoms with Gasteiger partial charge in [-0.3, -0.25) is 0 Å². The fourth-order valence-corrected chi connectivity index (χ4v) is 0.118. The molecule has 0 rings (SSSR count). The second kappa shape index (κ2) is 2.51. The molecule has 0 fully saturated rings. The van der Waals surface area contributed by atoms with Crippen molar-refractivity contribution in [1.29, 1.82) is 0 Å². The van der Waals surface area contributed by atoms with Gasteiger partial charge in [0.1, 0.15) is 0 Å². The van der Waals surface area contributed by atoms with Crippen molar-refractivity contribution in [2.45, 2.75) is 6.92 Å². The van der Waals surface area contributed by atoms with Gasteiger partial charge in [0.05, 0.1) is 0 Å². The van der Waals surface area contributed by atoms with Crippen LogP contribution in [-0.4, -0.2) is 0 Å². The maximum atomic E-state index is 5.22. The van der Waals surface area contributed by atoms with Crippen molar-refractivity contribution in [3.8, 4) is 0 Å². The molecule has 0 aliphatic carbocycles. The zero-order valence-corrected chi connectivity index (χ0v) is 3.94. The molecule has 0 aromatic rings. The molecule has 0 aliphatic rings. The molecule has 0 amide bonds. The van der Waals surface area contributed by atoms with Gasteiger partial charge in [-0.2, -0.15) is 0 Å². The van der Waals surface area contributed by atoms with E-state index in [1.165, 1.54) is 0 Å². The maximum Gasteiger partial charge on any atom is 0.0264 e. The molecule has 1 heteroatoms. The molecule has 0 aromatic carbocycles. The molecular weight excluding hydrogens is 74.1 g/mol. The van der Waals surface area contributed by atoms with Crippen molar-refractivity contribution in [2.24, 2.45) is 5.73 Å². The third-order valence-electron chi connectivity index (χ3n) is 0.569. The van der Waals surface area contributed by atoms with Gasteiger partial charge in [0.25, 0.3) is 0 Å². The molecule has 0 spiro atoms. The summed E-state index contributed by atoms with van der Waals surface area (Å²) in [5.74, 6) is 0. The van der Waals surface area contributed by atoms with E-state index in [1.54, 1.807) is 12.2 Å². The van der Waals surface area contributed by atoms with E-state index in [0.29, 0.717) is 0 Å². The van der Waals surface area contributed by atoms with Crippen LogP contribution in [0.1, 0.15) is 6.92 Å². The normalized spacial score (nSPS) is 11.2. The largest absolute Gasteiger partial charge is 0.399 e. The summed E-state index contributed by atoms with van der Waals surface area (Å²) >= 11 is 0. The van der Waals surface area contributed by atoms with Crippen LogP contribution in [0.4, 0.5) is 0 Å². The summed E-state index contributed by atoms with van der Waals surface area (Å²) < 4.78 is 0. The Kier molecular flexibility index (Phi) is 2.21. The Morgan fingerprint density at radius 2 is 2.33 bits per heavy atom. The van der Waals surface area contributed by atoms with Crippen LogP contribution in [0.15, 0.2) is 24.4 Å². The van der Waals surface area contributed by atoms with Crippen LogP contribution < -0.4 is 5.73 Å². The molecule has 2 N–H and O–H groups in total. The summed E-state index contributed by atoms with van der Waals surface area (Å²) in [6.07, 6.45) is 3.41. The minimum atomic E-state index is 0.731. The van der Waals surface area contributed by atoms with Crippen LogP contribution in [0.5, 0.6) is 0 Å². The molecule has 6 heavy (non-hydrogen) atoms. The first-order chi connectivity index (χ1) is 2.81. The van der Waals surface area contributed by atoms with Gasteiger partial charge in [0, 0.05) is 5.70 Å². The molecule has 34 valence electrons. The molecule has 0 aliphatic heterocycles. The van der Waals surface area contributed by atoms with Crippen LogP contribution in [-0.2, 0) is 0 Å². The van der Waals surface area contributed by atoms with Gasteiger partial charge in [0.15, 0.2) is 0 Å². The van der Waals surface area contributed by atoms with Crippen LogP contribution >= 0.6 is 0 Å². The molecule has 0 aromatic heterocycles. The van der Waals surface area contributed by atoms with Gasteiger partial charge in [-0.05, 0) is 13.0 Å². The molecule has 0 heterocycles. The average molecular weight is 83.1 g/mol. The molecule has 0 atom stereocenters. The van der Waals surface area contributed by atoms with Gasteiger partial charge < -0.3 is 5.73 Å². The van der Waals surface area contributed by atoms with Crippen molar-refractivity contribution in [3.05, 3.63) is 24.4 Å². The minimum absolute atomic E-state index is 0.731. The van der Waals surface area contributed by atoms with Crippen molar-refractivity contribution in [1.82, 2.24) is 0 Å². The van der Waals surface area contributed by atoms with Crippen molar-refractivity contribution in [3.63, 3.8) is 0 Å². The first-order valence-corrected chi connectivity index (χ1v) is 1.85. The molecule has 0 saturated heterocycles. The van der Waals surface area contributed by atoms with E-state index in [9.17, 15) is 0 Å². The maximum absolute atomic E-state index is 5.22. The predicted molar refractivity (Wildman–Crippen MR) is 28.1 cm³/mol. The molecular formula is C5H9N. The lowest BCUT2D eigenvalue weighted by Gasteiger charge is -1.80. The molecule has 0 bridgehead atoms. The number of rotatable bonds is 1. The highest BCUT2D eigenvalue weighted by Crippen LogP contribution is 1.78. The van der Waals surface area contributed by atoms with Crippen molar-refractivity contribution < 1.29 is 0 Å². The number of nitrogens with two attached hydrogens (primary N) is 1. The fourth-order valence-electron chi connectivity index (χ4n) is 0.118. The first kappa shape index (κ1) is 5.28. The summed E-state index contributed by atoms with van der Waals surface area (Å²) in [4.78, 5) is 0. The lowest BCUT2D eigenvalue weighted by Crippen LogP contribution is -1.88. The molecule has 1 nitrogen and oxygen atoms in total. The highest BCUT2D eigenvalue weighted by Gasteiger charge is 1.66. The fraction of sp³-hybridized carbons (Fsp3) is 0.200. The number of hydrogen-bond acceptors (Lipinski definition) is 1. The standard InChI is InChI=1S/C5H9N/c1-3-5(6)4-2/h3-4H,1,6H2,2H3/b5-4+. The second-order valence-corrected chi connectivity index (χ2v) is 0.993. The van der Waals surface area contributed by atoms with E-state index in [0.717, 1.165) is 5.70 Å². The Balaban J connectivity index is 3.50. The Labute approximate surface area is 38.2 Å². The van der Waals surface area contributed by atoms with Gasteiger partial charge in [-0.1, -0.05) is 12.7 Å². The summed E-state index contributed by atoms with van der Waals surface area (Å²) in [7, 11) is 0.